The molecular weight excluding hydrogens is 214 g/mol. The second-order valence-corrected chi connectivity index (χ2v) is 5.34. The van der Waals surface area contributed by atoms with Gasteiger partial charge in [-0.05, 0) is 44.7 Å². The average Bonchev–Trinajstić information content (AvgIpc) is 3.19. The van der Waals surface area contributed by atoms with Gasteiger partial charge in [0.25, 0.3) is 0 Å². The summed E-state index contributed by atoms with van der Waals surface area (Å²) >= 11 is 0. The number of carbonyl (C=O) groups is 1. The molecule has 1 aliphatic carbocycles. The van der Waals surface area contributed by atoms with Crippen LogP contribution in [-0.2, 0) is 4.79 Å². The highest BCUT2D eigenvalue weighted by Crippen LogP contribution is 2.28. The van der Waals surface area contributed by atoms with Crippen molar-refractivity contribution in [2.45, 2.75) is 38.1 Å². The van der Waals surface area contributed by atoms with Crippen molar-refractivity contribution in [2.24, 2.45) is 5.92 Å². The van der Waals surface area contributed by atoms with Crippen LogP contribution in [0.5, 0.6) is 0 Å². The lowest BCUT2D eigenvalue weighted by Crippen LogP contribution is -2.38. The monoisotopic (exact) mass is 239 g/mol. The minimum atomic E-state index is 0.168. The number of amides is 1. The van der Waals surface area contributed by atoms with Gasteiger partial charge >= 0.3 is 0 Å². The van der Waals surface area contributed by atoms with Gasteiger partial charge in [-0.3, -0.25) is 9.69 Å². The van der Waals surface area contributed by atoms with E-state index in [0.29, 0.717) is 6.42 Å². The van der Waals surface area contributed by atoms with E-state index in [1.54, 1.807) is 7.05 Å². The summed E-state index contributed by atoms with van der Waals surface area (Å²) < 4.78 is 0. The Morgan fingerprint density at radius 2 is 2.00 bits per heavy atom. The third kappa shape index (κ3) is 4.28. The number of rotatable bonds is 6. The van der Waals surface area contributed by atoms with Crippen LogP contribution in [-0.4, -0.2) is 50.1 Å². The van der Waals surface area contributed by atoms with Crippen molar-refractivity contribution in [3.8, 4) is 0 Å². The van der Waals surface area contributed by atoms with E-state index in [1.165, 1.54) is 45.3 Å². The molecule has 0 radical (unpaired) electrons. The molecule has 2 N–H and O–H groups in total. The molecule has 1 aliphatic heterocycles. The molecule has 98 valence electrons. The maximum atomic E-state index is 11.3. The van der Waals surface area contributed by atoms with Crippen LogP contribution in [0.2, 0.25) is 0 Å². The van der Waals surface area contributed by atoms with Crippen LogP contribution < -0.4 is 10.6 Å². The Morgan fingerprint density at radius 3 is 2.59 bits per heavy atom. The van der Waals surface area contributed by atoms with Gasteiger partial charge in [-0.25, -0.2) is 0 Å². The van der Waals surface area contributed by atoms with E-state index in [4.69, 9.17) is 0 Å². The average molecular weight is 239 g/mol. The maximum Gasteiger partial charge on any atom is 0.221 e. The molecule has 0 aromatic carbocycles. The molecule has 1 heterocycles. The van der Waals surface area contributed by atoms with Gasteiger partial charge in [-0.2, -0.15) is 0 Å². The van der Waals surface area contributed by atoms with Gasteiger partial charge in [0, 0.05) is 32.6 Å². The van der Waals surface area contributed by atoms with Crippen LogP contribution in [0.3, 0.4) is 0 Å². The minimum absolute atomic E-state index is 0.168. The molecule has 2 rings (SSSR count). The van der Waals surface area contributed by atoms with Crippen LogP contribution in [0, 0.1) is 5.92 Å². The molecule has 1 saturated carbocycles. The van der Waals surface area contributed by atoms with Crippen LogP contribution in [0.4, 0.5) is 0 Å². The van der Waals surface area contributed by atoms with Crippen LogP contribution >= 0.6 is 0 Å². The molecule has 2 aliphatic rings. The normalized spacial score (nSPS) is 21.8. The zero-order chi connectivity index (χ0) is 12.1. The highest BCUT2D eigenvalue weighted by atomic mass is 16.1. The first-order valence-corrected chi connectivity index (χ1v) is 6.95. The summed E-state index contributed by atoms with van der Waals surface area (Å²) in [6.07, 6.45) is 5.90. The van der Waals surface area contributed by atoms with Crippen molar-refractivity contribution in [3.05, 3.63) is 0 Å². The standard InChI is InChI=1S/C13H25N3O/c1-14-13(17)6-9-16(12-2-3-12)10-11-4-7-15-8-5-11/h11-12,15H,2-10H2,1H3,(H,14,17). The summed E-state index contributed by atoms with van der Waals surface area (Å²) in [6, 6.07) is 0.773. The summed E-state index contributed by atoms with van der Waals surface area (Å²) in [5.41, 5.74) is 0. The van der Waals surface area contributed by atoms with Crippen LogP contribution in [0.15, 0.2) is 0 Å². The minimum Gasteiger partial charge on any atom is -0.359 e. The number of nitrogens with one attached hydrogen (secondary N) is 2. The number of nitrogens with zero attached hydrogens (tertiary/aromatic N) is 1. The Bertz CT molecular complexity index is 247. The Labute approximate surface area is 104 Å². The highest BCUT2D eigenvalue weighted by molar-refractivity contribution is 5.75. The Morgan fingerprint density at radius 1 is 1.29 bits per heavy atom. The predicted octanol–water partition coefficient (Wildman–Crippen LogP) is 0.587. The van der Waals surface area contributed by atoms with E-state index in [0.717, 1.165) is 18.5 Å². The van der Waals surface area contributed by atoms with E-state index >= 15 is 0 Å². The first-order valence-electron chi connectivity index (χ1n) is 6.95. The second kappa shape index (κ2) is 6.36. The van der Waals surface area contributed by atoms with Crippen molar-refractivity contribution in [1.29, 1.82) is 0 Å². The number of hydrogen-bond donors (Lipinski definition) is 2. The molecule has 0 aromatic heterocycles. The lowest BCUT2D eigenvalue weighted by molar-refractivity contribution is -0.121. The lowest BCUT2D eigenvalue weighted by Gasteiger charge is -2.30. The van der Waals surface area contributed by atoms with E-state index in [1.807, 2.05) is 0 Å². The molecule has 1 saturated heterocycles. The van der Waals surface area contributed by atoms with Gasteiger partial charge in [0.05, 0.1) is 0 Å². The van der Waals surface area contributed by atoms with Gasteiger partial charge in [-0.1, -0.05) is 0 Å². The SMILES string of the molecule is CNC(=O)CCN(CC1CCNCC1)C1CC1. The summed E-state index contributed by atoms with van der Waals surface area (Å²) in [7, 11) is 1.72. The van der Waals surface area contributed by atoms with Gasteiger partial charge in [0.1, 0.15) is 0 Å². The van der Waals surface area contributed by atoms with Crippen molar-refractivity contribution >= 4 is 5.91 Å². The molecule has 0 spiro atoms. The first kappa shape index (κ1) is 12.8. The van der Waals surface area contributed by atoms with Crippen molar-refractivity contribution in [1.82, 2.24) is 15.5 Å². The van der Waals surface area contributed by atoms with Crippen LogP contribution in [0.1, 0.15) is 32.1 Å². The molecule has 0 unspecified atom stereocenters. The fraction of sp³-hybridized carbons (Fsp3) is 0.923. The number of carbonyl (C=O) groups excluding carboxylic acids is 1. The first-order chi connectivity index (χ1) is 8.29. The molecule has 0 atom stereocenters. The topological polar surface area (TPSA) is 44.4 Å². The smallest absolute Gasteiger partial charge is 0.221 e. The third-order valence-corrected chi connectivity index (χ3v) is 3.92. The molecule has 2 fully saturated rings. The summed E-state index contributed by atoms with van der Waals surface area (Å²) in [5.74, 6) is 1.00. The van der Waals surface area contributed by atoms with Gasteiger partial charge in [0.2, 0.25) is 5.91 Å². The third-order valence-electron chi connectivity index (χ3n) is 3.92. The highest BCUT2D eigenvalue weighted by Gasteiger charge is 2.30. The molecule has 0 aromatic rings. The van der Waals surface area contributed by atoms with Gasteiger partial charge in [-0.15, -0.1) is 0 Å². The molecule has 0 bridgehead atoms. The Hall–Kier alpha value is -0.610. The quantitative estimate of drug-likeness (QED) is 0.713. The van der Waals surface area contributed by atoms with Crippen molar-refractivity contribution in [3.63, 3.8) is 0 Å². The van der Waals surface area contributed by atoms with E-state index in [2.05, 4.69) is 15.5 Å². The van der Waals surface area contributed by atoms with Gasteiger partial charge < -0.3 is 10.6 Å². The van der Waals surface area contributed by atoms with E-state index in [9.17, 15) is 4.79 Å². The number of hydrogen-bond acceptors (Lipinski definition) is 3. The number of piperidine rings is 1. The summed E-state index contributed by atoms with van der Waals surface area (Å²) in [5, 5.41) is 6.12. The molecule has 17 heavy (non-hydrogen) atoms. The fourth-order valence-electron chi connectivity index (χ4n) is 2.63. The predicted molar refractivity (Wildman–Crippen MR) is 68.9 cm³/mol. The second-order valence-electron chi connectivity index (χ2n) is 5.34. The summed E-state index contributed by atoms with van der Waals surface area (Å²) in [4.78, 5) is 13.9. The van der Waals surface area contributed by atoms with Crippen molar-refractivity contribution < 1.29 is 4.79 Å². The summed E-state index contributed by atoms with van der Waals surface area (Å²) in [6.45, 7) is 4.47. The van der Waals surface area contributed by atoms with Gasteiger partial charge in [0.15, 0.2) is 0 Å². The molecule has 4 heteroatoms. The largest absolute Gasteiger partial charge is 0.359 e. The van der Waals surface area contributed by atoms with E-state index in [-0.39, 0.29) is 5.91 Å². The Kier molecular flexibility index (Phi) is 4.80. The molecule has 4 nitrogen and oxygen atoms in total. The fourth-order valence-corrected chi connectivity index (χ4v) is 2.63. The molecular formula is C13H25N3O. The Balaban J connectivity index is 1.73. The van der Waals surface area contributed by atoms with Crippen LogP contribution in [0.25, 0.3) is 0 Å². The lowest BCUT2D eigenvalue weighted by atomic mass is 9.97. The zero-order valence-electron chi connectivity index (χ0n) is 10.9. The maximum absolute atomic E-state index is 11.3. The molecule has 1 amide bonds. The van der Waals surface area contributed by atoms with Crippen molar-refractivity contribution in [2.75, 3.05) is 33.2 Å². The zero-order valence-corrected chi connectivity index (χ0v) is 10.9. The van der Waals surface area contributed by atoms with E-state index < -0.39 is 0 Å².